The number of hydrogen-bond acceptors (Lipinski definition) is 4. The van der Waals surface area contributed by atoms with Crippen LogP contribution in [0, 0.1) is 0 Å². The summed E-state index contributed by atoms with van der Waals surface area (Å²) in [5, 5.41) is 1.49. The van der Waals surface area contributed by atoms with Gasteiger partial charge in [0.15, 0.2) is 0 Å². The summed E-state index contributed by atoms with van der Waals surface area (Å²) in [6, 6.07) is 5.53. The maximum Gasteiger partial charge on any atom is 0.573 e. The van der Waals surface area contributed by atoms with E-state index in [2.05, 4.69) is 9.72 Å². The SMILES string of the molecule is CCCc1nc(-c2ccc(OC(F)(F)F)cc2)c(N)s1. The third kappa shape index (κ3) is 3.63. The molecule has 2 aromatic rings. The quantitative estimate of drug-likeness (QED) is 0.918. The molecule has 3 nitrogen and oxygen atoms in total. The molecule has 0 radical (unpaired) electrons. The first-order valence-corrected chi connectivity index (χ1v) is 6.82. The number of aromatic nitrogens is 1. The van der Waals surface area contributed by atoms with Crippen LogP contribution in [0.3, 0.4) is 0 Å². The standard InChI is InChI=1S/C13H13F3N2OS/c1-2-3-10-18-11(12(17)20-10)8-4-6-9(7-5-8)19-13(14,15)16/h4-7H,2-3,17H2,1H3. The molecule has 2 N–H and O–H groups in total. The summed E-state index contributed by atoms with van der Waals surface area (Å²) in [6.45, 7) is 2.04. The Morgan fingerprint density at radius 1 is 1.25 bits per heavy atom. The fraction of sp³-hybridized carbons (Fsp3) is 0.308. The summed E-state index contributed by atoms with van der Waals surface area (Å²) in [6.07, 6.45) is -2.88. The van der Waals surface area contributed by atoms with Crippen LogP contribution in [-0.2, 0) is 6.42 Å². The molecule has 2 rings (SSSR count). The van der Waals surface area contributed by atoms with E-state index >= 15 is 0 Å². The molecule has 0 amide bonds. The Kier molecular flexibility index (Phi) is 4.17. The van der Waals surface area contributed by atoms with Crippen molar-refractivity contribution in [2.75, 3.05) is 5.73 Å². The maximum absolute atomic E-state index is 12.1. The zero-order valence-electron chi connectivity index (χ0n) is 10.7. The van der Waals surface area contributed by atoms with E-state index in [1.165, 1.54) is 35.6 Å². The van der Waals surface area contributed by atoms with Gasteiger partial charge in [-0.15, -0.1) is 24.5 Å². The first-order valence-electron chi connectivity index (χ1n) is 6.00. The first-order chi connectivity index (χ1) is 9.39. The lowest BCUT2D eigenvalue weighted by molar-refractivity contribution is -0.274. The van der Waals surface area contributed by atoms with Crippen molar-refractivity contribution in [3.05, 3.63) is 29.3 Å². The fourth-order valence-electron chi connectivity index (χ4n) is 1.72. The van der Waals surface area contributed by atoms with Crippen LogP contribution in [0.2, 0.25) is 0 Å². The molecule has 0 saturated heterocycles. The van der Waals surface area contributed by atoms with Gasteiger partial charge in [-0.2, -0.15) is 0 Å². The van der Waals surface area contributed by atoms with Gasteiger partial charge in [-0.1, -0.05) is 6.92 Å². The predicted molar refractivity (Wildman–Crippen MR) is 72.6 cm³/mol. The lowest BCUT2D eigenvalue weighted by Gasteiger charge is -2.08. The van der Waals surface area contributed by atoms with E-state index in [9.17, 15) is 13.2 Å². The number of nitrogen functional groups attached to an aromatic ring is 1. The summed E-state index contributed by atoms with van der Waals surface area (Å²) in [5.41, 5.74) is 7.17. The number of nitrogens with two attached hydrogens (primary N) is 1. The number of rotatable bonds is 4. The average molecular weight is 302 g/mol. The van der Waals surface area contributed by atoms with Crippen molar-refractivity contribution in [3.63, 3.8) is 0 Å². The normalized spacial score (nSPS) is 11.6. The maximum atomic E-state index is 12.1. The molecule has 1 aromatic carbocycles. The Bertz CT molecular complexity index is 578. The Morgan fingerprint density at radius 2 is 1.90 bits per heavy atom. The molecule has 0 aliphatic heterocycles. The van der Waals surface area contributed by atoms with Gasteiger partial charge in [0.25, 0.3) is 0 Å². The first kappa shape index (κ1) is 14.6. The minimum Gasteiger partial charge on any atom is -0.406 e. The van der Waals surface area contributed by atoms with E-state index in [-0.39, 0.29) is 5.75 Å². The summed E-state index contributed by atoms with van der Waals surface area (Å²) in [5.74, 6) is -0.260. The number of ether oxygens (including phenoxy) is 1. The third-order valence-electron chi connectivity index (χ3n) is 2.52. The molecular formula is C13H13F3N2OS. The Balaban J connectivity index is 2.21. The molecule has 0 unspecified atom stereocenters. The van der Waals surface area contributed by atoms with Crippen molar-refractivity contribution in [2.45, 2.75) is 26.1 Å². The number of hydrogen-bond donors (Lipinski definition) is 1. The largest absolute Gasteiger partial charge is 0.573 e. The zero-order valence-corrected chi connectivity index (χ0v) is 11.5. The molecule has 0 atom stereocenters. The summed E-state index contributed by atoms with van der Waals surface area (Å²) in [7, 11) is 0. The van der Waals surface area contributed by atoms with E-state index in [0.717, 1.165) is 17.8 Å². The van der Waals surface area contributed by atoms with Crippen molar-refractivity contribution >= 4 is 16.3 Å². The number of thiazole rings is 1. The van der Waals surface area contributed by atoms with Gasteiger partial charge >= 0.3 is 6.36 Å². The van der Waals surface area contributed by atoms with Gasteiger partial charge in [0.1, 0.15) is 16.4 Å². The van der Waals surface area contributed by atoms with Crippen LogP contribution in [0.1, 0.15) is 18.4 Å². The van der Waals surface area contributed by atoms with Crippen molar-refractivity contribution in [1.82, 2.24) is 4.98 Å². The summed E-state index contributed by atoms with van der Waals surface area (Å²) in [4.78, 5) is 4.40. The van der Waals surface area contributed by atoms with Crippen LogP contribution in [0.4, 0.5) is 18.2 Å². The molecule has 0 aliphatic carbocycles. The van der Waals surface area contributed by atoms with Crippen LogP contribution in [0.5, 0.6) is 5.75 Å². The summed E-state index contributed by atoms with van der Waals surface area (Å²) >= 11 is 1.40. The minimum atomic E-state index is -4.69. The molecule has 20 heavy (non-hydrogen) atoms. The molecule has 0 fully saturated rings. The zero-order chi connectivity index (χ0) is 14.8. The summed E-state index contributed by atoms with van der Waals surface area (Å²) < 4.78 is 40.0. The van der Waals surface area contributed by atoms with Gasteiger partial charge in [-0.05, 0) is 37.1 Å². The minimum absolute atomic E-state index is 0.260. The fourth-order valence-corrected chi connectivity index (χ4v) is 2.68. The van der Waals surface area contributed by atoms with Crippen molar-refractivity contribution < 1.29 is 17.9 Å². The highest BCUT2D eigenvalue weighted by molar-refractivity contribution is 7.16. The van der Waals surface area contributed by atoms with Gasteiger partial charge in [-0.25, -0.2) is 4.98 Å². The molecule has 7 heteroatoms. The van der Waals surface area contributed by atoms with Crippen LogP contribution < -0.4 is 10.5 Å². The molecule has 0 spiro atoms. The highest BCUT2D eigenvalue weighted by atomic mass is 32.1. The number of aryl methyl sites for hydroxylation is 1. The second-order valence-corrected chi connectivity index (χ2v) is 5.26. The topological polar surface area (TPSA) is 48.1 Å². The number of anilines is 1. The molecular weight excluding hydrogens is 289 g/mol. The molecule has 1 heterocycles. The number of alkyl halides is 3. The van der Waals surface area contributed by atoms with Gasteiger partial charge in [-0.3, -0.25) is 0 Å². The van der Waals surface area contributed by atoms with Gasteiger partial charge in [0, 0.05) is 5.56 Å². The molecule has 0 aliphatic rings. The molecule has 0 saturated carbocycles. The monoisotopic (exact) mass is 302 g/mol. The number of nitrogens with zero attached hydrogens (tertiary/aromatic N) is 1. The third-order valence-corrected chi connectivity index (χ3v) is 3.47. The molecule has 1 aromatic heterocycles. The second-order valence-electron chi connectivity index (χ2n) is 4.14. The van der Waals surface area contributed by atoms with Crippen LogP contribution in [0.15, 0.2) is 24.3 Å². The lowest BCUT2D eigenvalue weighted by atomic mass is 10.1. The van der Waals surface area contributed by atoms with Gasteiger partial charge in [0.2, 0.25) is 0 Å². The van der Waals surface area contributed by atoms with Crippen LogP contribution in [-0.4, -0.2) is 11.3 Å². The molecule has 0 bridgehead atoms. The van der Waals surface area contributed by atoms with Crippen molar-refractivity contribution in [3.8, 4) is 17.0 Å². The molecule has 108 valence electrons. The van der Waals surface area contributed by atoms with Crippen LogP contribution >= 0.6 is 11.3 Å². The van der Waals surface area contributed by atoms with Crippen molar-refractivity contribution in [1.29, 1.82) is 0 Å². The smallest absolute Gasteiger partial charge is 0.406 e. The van der Waals surface area contributed by atoms with Crippen LogP contribution in [0.25, 0.3) is 11.3 Å². The Hall–Kier alpha value is -1.76. The van der Waals surface area contributed by atoms with Gasteiger partial charge < -0.3 is 10.5 Å². The average Bonchev–Trinajstić information content (AvgIpc) is 2.70. The van der Waals surface area contributed by atoms with E-state index in [1.807, 2.05) is 6.92 Å². The lowest BCUT2D eigenvalue weighted by Crippen LogP contribution is -2.16. The van der Waals surface area contributed by atoms with E-state index in [1.54, 1.807) is 0 Å². The second kappa shape index (κ2) is 5.70. The number of halogens is 3. The van der Waals surface area contributed by atoms with E-state index in [0.29, 0.717) is 16.3 Å². The number of benzene rings is 1. The van der Waals surface area contributed by atoms with E-state index < -0.39 is 6.36 Å². The Morgan fingerprint density at radius 3 is 2.45 bits per heavy atom. The van der Waals surface area contributed by atoms with Gasteiger partial charge in [0.05, 0.1) is 5.01 Å². The van der Waals surface area contributed by atoms with Crippen molar-refractivity contribution in [2.24, 2.45) is 0 Å². The highest BCUT2D eigenvalue weighted by Gasteiger charge is 2.31. The van der Waals surface area contributed by atoms with E-state index in [4.69, 9.17) is 5.73 Å². The highest BCUT2D eigenvalue weighted by Crippen LogP contribution is 2.32. The Labute approximate surface area is 118 Å². The predicted octanol–water partition coefficient (Wildman–Crippen LogP) is 4.24.